The van der Waals surface area contributed by atoms with E-state index in [-0.39, 0.29) is 17.2 Å². The maximum Gasteiger partial charge on any atom is 0.255 e. The van der Waals surface area contributed by atoms with Crippen molar-refractivity contribution in [3.63, 3.8) is 0 Å². The molecular formula is C11H12BrNO2. The number of aromatic hydroxyl groups is 1. The average molecular weight is 270 g/mol. The van der Waals surface area contributed by atoms with Gasteiger partial charge in [0.25, 0.3) is 5.91 Å². The minimum atomic E-state index is -0.276. The normalized spacial score (nSPS) is 9.67. The molecular weight excluding hydrogens is 258 g/mol. The van der Waals surface area contributed by atoms with Crippen molar-refractivity contribution in [3.05, 3.63) is 40.9 Å². The smallest absolute Gasteiger partial charge is 0.255 e. The Morgan fingerprint density at radius 3 is 2.93 bits per heavy atom. The van der Waals surface area contributed by atoms with E-state index in [2.05, 4.69) is 27.8 Å². The van der Waals surface area contributed by atoms with E-state index in [0.717, 1.165) is 4.47 Å². The fourth-order valence-corrected chi connectivity index (χ4v) is 1.43. The number of phenols is 1. The van der Waals surface area contributed by atoms with E-state index in [1.165, 1.54) is 6.07 Å². The number of phenolic OH excluding ortho intramolecular Hbond substituents is 1. The molecule has 1 aromatic carbocycles. The molecule has 0 saturated heterocycles. The van der Waals surface area contributed by atoms with Gasteiger partial charge in [0.05, 0.1) is 5.56 Å². The van der Waals surface area contributed by atoms with Crippen molar-refractivity contribution >= 4 is 21.8 Å². The van der Waals surface area contributed by atoms with Crippen LogP contribution in [0.4, 0.5) is 0 Å². The molecule has 0 spiro atoms. The summed E-state index contributed by atoms with van der Waals surface area (Å²) in [5.41, 5.74) is 0.280. The predicted octanol–water partition coefficient (Wildman–Crippen LogP) is 2.46. The summed E-state index contributed by atoms with van der Waals surface area (Å²) in [4.78, 5) is 11.5. The molecule has 3 nitrogen and oxygen atoms in total. The van der Waals surface area contributed by atoms with E-state index in [4.69, 9.17) is 0 Å². The van der Waals surface area contributed by atoms with Crippen LogP contribution in [0.3, 0.4) is 0 Å². The number of nitrogens with one attached hydrogen (secondary N) is 1. The van der Waals surface area contributed by atoms with E-state index in [9.17, 15) is 9.90 Å². The van der Waals surface area contributed by atoms with Gasteiger partial charge < -0.3 is 10.4 Å². The third kappa shape index (κ3) is 3.40. The van der Waals surface area contributed by atoms with Crippen LogP contribution >= 0.6 is 15.9 Å². The maximum atomic E-state index is 11.5. The standard InChI is InChI=1S/C11H12BrNO2/c1-2-3-6-13-11(15)9-5-4-8(12)7-10(9)14/h2,4-5,7,14H,1,3,6H2,(H,13,15). The number of carbonyl (C=O) groups excluding carboxylic acids is 1. The molecule has 0 aliphatic carbocycles. The summed E-state index contributed by atoms with van der Waals surface area (Å²) in [5.74, 6) is -0.303. The molecule has 1 amide bonds. The summed E-state index contributed by atoms with van der Waals surface area (Å²) < 4.78 is 0.739. The van der Waals surface area contributed by atoms with Gasteiger partial charge in [-0.3, -0.25) is 4.79 Å². The Bertz CT molecular complexity index is 377. The van der Waals surface area contributed by atoms with E-state index in [0.29, 0.717) is 13.0 Å². The first-order valence-corrected chi connectivity index (χ1v) is 5.32. The van der Waals surface area contributed by atoms with Crippen molar-refractivity contribution in [2.45, 2.75) is 6.42 Å². The molecule has 1 aromatic rings. The number of carbonyl (C=O) groups is 1. The van der Waals surface area contributed by atoms with E-state index in [1.807, 2.05) is 0 Å². The molecule has 0 atom stereocenters. The number of rotatable bonds is 4. The van der Waals surface area contributed by atoms with Gasteiger partial charge in [-0.15, -0.1) is 6.58 Å². The maximum absolute atomic E-state index is 11.5. The van der Waals surface area contributed by atoms with E-state index < -0.39 is 0 Å². The fraction of sp³-hybridized carbons (Fsp3) is 0.182. The summed E-state index contributed by atoms with van der Waals surface area (Å²) >= 11 is 3.20. The van der Waals surface area contributed by atoms with Gasteiger partial charge in [0.15, 0.2) is 0 Å². The van der Waals surface area contributed by atoms with Crippen molar-refractivity contribution in [3.8, 4) is 5.75 Å². The van der Waals surface area contributed by atoms with Crippen LogP contribution in [0.2, 0.25) is 0 Å². The molecule has 1 rings (SSSR count). The summed E-state index contributed by atoms with van der Waals surface area (Å²) in [5, 5.41) is 12.2. The molecule has 0 bridgehead atoms. The summed E-state index contributed by atoms with van der Waals surface area (Å²) in [6, 6.07) is 4.77. The van der Waals surface area contributed by atoms with Crippen LogP contribution in [0, 0.1) is 0 Å². The zero-order chi connectivity index (χ0) is 11.3. The Morgan fingerprint density at radius 2 is 2.33 bits per heavy atom. The highest BCUT2D eigenvalue weighted by atomic mass is 79.9. The molecule has 0 saturated carbocycles. The van der Waals surface area contributed by atoms with Crippen molar-refractivity contribution in [2.24, 2.45) is 0 Å². The van der Waals surface area contributed by atoms with Crippen molar-refractivity contribution < 1.29 is 9.90 Å². The van der Waals surface area contributed by atoms with Crippen LogP contribution in [0.1, 0.15) is 16.8 Å². The second-order valence-electron chi connectivity index (χ2n) is 2.99. The van der Waals surface area contributed by atoms with E-state index in [1.54, 1.807) is 18.2 Å². The molecule has 0 unspecified atom stereocenters. The zero-order valence-corrected chi connectivity index (χ0v) is 9.75. The number of hydrogen-bond donors (Lipinski definition) is 2. The highest BCUT2D eigenvalue weighted by Crippen LogP contribution is 2.21. The Kier molecular flexibility index (Phi) is 4.37. The van der Waals surface area contributed by atoms with Crippen molar-refractivity contribution in [2.75, 3.05) is 6.54 Å². The third-order valence-corrected chi connectivity index (χ3v) is 2.33. The van der Waals surface area contributed by atoms with Gasteiger partial charge in [-0.05, 0) is 24.6 Å². The Hall–Kier alpha value is -1.29. The summed E-state index contributed by atoms with van der Waals surface area (Å²) in [6.45, 7) is 4.08. The van der Waals surface area contributed by atoms with Crippen LogP contribution in [0.25, 0.3) is 0 Å². The highest BCUT2D eigenvalue weighted by molar-refractivity contribution is 9.10. The van der Waals surface area contributed by atoms with Gasteiger partial charge in [0.2, 0.25) is 0 Å². The first kappa shape index (κ1) is 11.8. The third-order valence-electron chi connectivity index (χ3n) is 1.84. The Morgan fingerprint density at radius 1 is 1.60 bits per heavy atom. The Labute approximate surface area is 96.9 Å². The van der Waals surface area contributed by atoms with Gasteiger partial charge in [-0.25, -0.2) is 0 Å². The molecule has 2 N–H and O–H groups in total. The minimum Gasteiger partial charge on any atom is -0.507 e. The van der Waals surface area contributed by atoms with Crippen LogP contribution in [0.5, 0.6) is 5.75 Å². The van der Waals surface area contributed by atoms with Gasteiger partial charge in [0, 0.05) is 11.0 Å². The quantitative estimate of drug-likeness (QED) is 0.652. The highest BCUT2D eigenvalue weighted by Gasteiger charge is 2.09. The molecule has 0 heterocycles. The summed E-state index contributed by atoms with van der Waals surface area (Å²) in [6.07, 6.45) is 2.44. The van der Waals surface area contributed by atoms with Crippen LogP contribution in [-0.4, -0.2) is 17.6 Å². The van der Waals surface area contributed by atoms with Crippen molar-refractivity contribution in [1.82, 2.24) is 5.32 Å². The Balaban J connectivity index is 2.69. The van der Waals surface area contributed by atoms with Gasteiger partial charge in [-0.1, -0.05) is 22.0 Å². The topological polar surface area (TPSA) is 49.3 Å². The number of amides is 1. The van der Waals surface area contributed by atoms with Gasteiger partial charge in [0.1, 0.15) is 5.75 Å². The first-order chi connectivity index (χ1) is 7.15. The molecule has 15 heavy (non-hydrogen) atoms. The number of hydrogen-bond acceptors (Lipinski definition) is 2. The minimum absolute atomic E-state index is 0.0273. The zero-order valence-electron chi connectivity index (χ0n) is 8.16. The lowest BCUT2D eigenvalue weighted by Crippen LogP contribution is -2.24. The number of benzene rings is 1. The van der Waals surface area contributed by atoms with E-state index >= 15 is 0 Å². The van der Waals surface area contributed by atoms with Crippen LogP contribution in [0.15, 0.2) is 35.3 Å². The second kappa shape index (κ2) is 5.56. The molecule has 4 heteroatoms. The van der Waals surface area contributed by atoms with Crippen molar-refractivity contribution in [1.29, 1.82) is 0 Å². The monoisotopic (exact) mass is 269 g/mol. The molecule has 80 valence electrons. The molecule has 0 radical (unpaired) electrons. The lowest BCUT2D eigenvalue weighted by atomic mass is 10.2. The van der Waals surface area contributed by atoms with Crippen LogP contribution < -0.4 is 5.32 Å². The number of halogens is 1. The molecule has 0 aliphatic rings. The lowest BCUT2D eigenvalue weighted by molar-refractivity contribution is 0.0951. The fourth-order valence-electron chi connectivity index (χ4n) is 1.08. The largest absolute Gasteiger partial charge is 0.507 e. The van der Waals surface area contributed by atoms with Gasteiger partial charge >= 0.3 is 0 Å². The molecule has 0 fully saturated rings. The van der Waals surface area contributed by atoms with Gasteiger partial charge in [-0.2, -0.15) is 0 Å². The molecule has 0 aliphatic heterocycles. The molecule has 0 aromatic heterocycles. The SMILES string of the molecule is C=CCCNC(=O)c1ccc(Br)cc1O. The lowest BCUT2D eigenvalue weighted by Gasteiger charge is -2.05. The average Bonchev–Trinajstić information content (AvgIpc) is 2.17. The first-order valence-electron chi connectivity index (χ1n) is 4.52. The predicted molar refractivity (Wildman–Crippen MR) is 63.0 cm³/mol. The second-order valence-corrected chi connectivity index (χ2v) is 3.91. The summed E-state index contributed by atoms with van der Waals surface area (Å²) in [7, 11) is 0. The van der Waals surface area contributed by atoms with Crippen LogP contribution in [-0.2, 0) is 0 Å².